The monoisotopic (exact) mass is 247 g/mol. The van der Waals surface area contributed by atoms with E-state index >= 15 is 0 Å². The largest absolute Gasteiger partial charge is 0.497 e. The predicted octanol–water partition coefficient (Wildman–Crippen LogP) is 2.46. The summed E-state index contributed by atoms with van der Waals surface area (Å²) in [7, 11) is 3.09. The number of carbonyl (C=O) groups excluding carboxylic acids is 1. The molecule has 0 saturated carbocycles. The van der Waals surface area contributed by atoms with Crippen molar-refractivity contribution in [3.05, 3.63) is 23.8 Å². The minimum absolute atomic E-state index is 0.0306. The zero-order valence-corrected chi connectivity index (χ0v) is 11.1. The van der Waals surface area contributed by atoms with Crippen LogP contribution in [0.3, 0.4) is 0 Å². The first-order valence-corrected chi connectivity index (χ1v) is 5.60. The van der Waals surface area contributed by atoms with Crippen molar-refractivity contribution in [1.82, 2.24) is 0 Å². The standard InChI is InChI=1S/C14H17NO3/c1-10(16)8-14(2,9-15)12-6-5-11(17-3)7-13(12)18-4/h5-7H,8H2,1-4H3. The molecule has 0 bridgehead atoms. The number of ether oxygens (including phenoxy) is 2. The van der Waals surface area contributed by atoms with Gasteiger partial charge in [-0.3, -0.25) is 4.79 Å². The topological polar surface area (TPSA) is 59.3 Å². The number of rotatable bonds is 5. The van der Waals surface area contributed by atoms with Gasteiger partial charge in [0.1, 0.15) is 17.3 Å². The molecule has 0 aromatic heterocycles. The molecule has 96 valence electrons. The number of benzene rings is 1. The molecule has 1 unspecified atom stereocenters. The number of nitriles is 1. The van der Waals surface area contributed by atoms with Gasteiger partial charge >= 0.3 is 0 Å². The van der Waals surface area contributed by atoms with Crippen molar-refractivity contribution in [1.29, 1.82) is 5.26 Å². The van der Waals surface area contributed by atoms with Gasteiger partial charge in [0.2, 0.25) is 0 Å². The van der Waals surface area contributed by atoms with Crippen molar-refractivity contribution in [2.45, 2.75) is 25.7 Å². The van der Waals surface area contributed by atoms with Gasteiger partial charge < -0.3 is 9.47 Å². The molecule has 0 spiro atoms. The second-order valence-corrected chi connectivity index (χ2v) is 4.39. The highest BCUT2D eigenvalue weighted by Crippen LogP contribution is 2.36. The smallest absolute Gasteiger partial charge is 0.131 e. The Labute approximate surface area is 107 Å². The number of ketones is 1. The molecule has 0 aliphatic carbocycles. The van der Waals surface area contributed by atoms with Crippen molar-refractivity contribution in [3.8, 4) is 17.6 Å². The number of nitrogens with zero attached hydrogens (tertiary/aromatic N) is 1. The molecule has 4 heteroatoms. The zero-order valence-electron chi connectivity index (χ0n) is 11.1. The quantitative estimate of drug-likeness (QED) is 0.802. The molecule has 0 fully saturated rings. The van der Waals surface area contributed by atoms with Crippen LogP contribution in [0, 0.1) is 11.3 Å². The van der Waals surface area contributed by atoms with E-state index in [2.05, 4.69) is 6.07 Å². The van der Waals surface area contributed by atoms with Gasteiger partial charge in [0.15, 0.2) is 0 Å². The van der Waals surface area contributed by atoms with Crippen molar-refractivity contribution in [2.24, 2.45) is 0 Å². The highest BCUT2D eigenvalue weighted by atomic mass is 16.5. The third-order valence-corrected chi connectivity index (χ3v) is 2.85. The average molecular weight is 247 g/mol. The summed E-state index contributed by atoms with van der Waals surface area (Å²) < 4.78 is 10.4. The molecule has 1 atom stereocenters. The number of Topliss-reactive ketones (excluding diaryl/α,β-unsaturated/α-hetero) is 1. The highest BCUT2D eigenvalue weighted by Gasteiger charge is 2.31. The van der Waals surface area contributed by atoms with Crippen LogP contribution in [0.4, 0.5) is 0 Å². The molecular formula is C14H17NO3. The van der Waals surface area contributed by atoms with Crippen molar-refractivity contribution in [2.75, 3.05) is 14.2 Å². The first-order valence-electron chi connectivity index (χ1n) is 5.60. The molecule has 1 aromatic carbocycles. The fourth-order valence-electron chi connectivity index (χ4n) is 1.95. The van der Waals surface area contributed by atoms with Gasteiger partial charge in [-0.1, -0.05) is 6.07 Å². The maximum absolute atomic E-state index is 11.3. The van der Waals surface area contributed by atoms with E-state index in [1.165, 1.54) is 14.0 Å². The maximum Gasteiger partial charge on any atom is 0.131 e. The summed E-state index contributed by atoms with van der Waals surface area (Å²) in [4.78, 5) is 11.3. The average Bonchev–Trinajstić information content (AvgIpc) is 2.36. The lowest BCUT2D eigenvalue weighted by atomic mass is 9.79. The van der Waals surface area contributed by atoms with Crippen molar-refractivity contribution >= 4 is 5.78 Å². The summed E-state index contributed by atoms with van der Waals surface area (Å²) in [6.45, 7) is 3.21. The third-order valence-electron chi connectivity index (χ3n) is 2.85. The summed E-state index contributed by atoms with van der Waals surface area (Å²) in [5.74, 6) is 1.18. The SMILES string of the molecule is COc1ccc(C(C)(C#N)CC(C)=O)c(OC)c1. The minimum atomic E-state index is -0.885. The molecule has 1 rings (SSSR count). The molecule has 0 aliphatic heterocycles. The van der Waals surface area contributed by atoms with Crippen LogP contribution in [0.5, 0.6) is 11.5 Å². The molecule has 0 aliphatic rings. The van der Waals surface area contributed by atoms with Crippen LogP contribution in [0.2, 0.25) is 0 Å². The lowest BCUT2D eigenvalue weighted by molar-refractivity contribution is -0.117. The van der Waals surface area contributed by atoms with Crippen LogP contribution in [-0.4, -0.2) is 20.0 Å². The van der Waals surface area contributed by atoms with Gasteiger partial charge in [0.25, 0.3) is 0 Å². The molecule has 0 radical (unpaired) electrons. The number of carbonyl (C=O) groups is 1. The fourth-order valence-corrected chi connectivity index (χ4v) is 1.95. The molecule has 0 N–H and O–H groups in total. The Morgan fingerprint density at radius 2 is 2.06 bits per heavy atom. The summed E-state index contributed by atoms with van der Waals surface area (Å²) in [6, 6.07) is 7.44. The Hall–Kier alpha value is -2.02. The van der Waals surface area contributed by atoms with Crippen LogP contribution < -0.4 is 9.47 Å². The van der Waals surface area contributed by atoms with E-state index in [9.17, 15) is 10.1 Å². The van der Waals surface area contributed by atoms with Gasteiger partial charge in [-0.15, -0.1) is 0 Å². The van der Waals surface area contributed by atoms with Gasteiger partial charge in [0.05, 0.1) is 25.7 Å². The molecule has 1 aromatic rings. The summed E-state index contributed by atoms with van der Waals surface area (Å²) in [6.07, 6.45) is 0.159. The third kappa shape index (κ3) is 2.80. The van der Waals surface area contributed by atoms with Gasteiger partial charge in [-0.05, 0) is 19.9 Å². The van der Waals surface area contributed by atoms with Crippen LogP contribution >= 0.6 is 0 Å². The van der Waals surface area contributed by atoms with Gasteiger partial charge in [0, 0.05) is 18.1 Å². The number of hydrogen-bond acceptors (Lipinski definition) is 4. The first kappa shape index (κ1) is 14.0. The molecule has 0 saturated heterocycles. The van der Waals surface area contributed by atoms with E-state index in [4.69, 9.17) is 9.47 Å². The van der Waals surface area contributed by atoms with Crippen LogP contribution in [0.1, 0.15) is 25.8 Å². The lowest BCUT2D eigenvalue weighted by Crippen LogP contribution is -2.23. The Kier molecular flexibility index (Phi) is 4.33. The van der Waals surface area contributed by atoms with E-state index < -0.39 is 5.41 Å². The van der Waals surface area contributed by atoms with Crippen LogP contribution in [-0.2, 0) is 10.2 Å². The first-order chi connectivity index (χ1) is 8.46. The Morgan fingerprint density at radius 3 is 2.50 bits per heavy atom. The van der Waals surface area contributed by atoms with Crippen molar-refractivity contribution < 1.29 is 14.3 Å². The Bertz CT molecular complexity index is 490. The van der Waals surface area contributed by atoms with E-state index in [0.29, 0.717) is 17.1 Å². The molecule has 0 amide bonds. The normalized spacial score (nSPS) is 13.3. The molecular weight excluding hydrogens is 230 g/mol. The van der Waals surface area contributed by atoms with E-state index in [1.54, 1.807) is 32.2 Å². The predicted molar refractivity (Wildman–Crippen MR) is 67.8 cm³/mol. The molecule has 4 nitrogen and oxygen atoms in total. The second-order valence-electron chi connectivity index (χ2n) is 4.39. The van der Waals surface area contributed by atoms with Gasteiger partial charge in [-0.2, -0.15) is 5.26 Å². The zero-order chi connectivity index (χ0) is 13.8. The number of methoxy groups -OCH3 is 2. The van der Waals surface area contributed by atoms with E-state index in [1.807, 2.05) is 0 Å². The van der Waals surface area contributed by atoms with Crippen molar-refractivity contribution in [3.63, 3.8) is 0 Å². The lowest BCUT2D eigenvalue weighted by Gasteiger charge is -2.23. The molecule has 18 heavy (non-hydrogen) atoms. The Balaban J connectivity index is 3.29. The summed E-state index contributed by atoms with van der Waals surface area (Å²) in [5, 5.41) is 9.35. The number of hydrogen-bond donors (Lipinski definition) is 0. The molecule has 0 heterocycles. The summed E-state index contributed by atoms with van der Waals surface area (Å²) in [5.41, 5.74) is -0.188. The maximum atomic E-state index is 11.3. The fraction of sp³-hybridized carbons (Fsp3) is 0.429. The van der Waals surface area contributed by atoms with Crippen LogP contribution in [0.25, 0.3) is 0 Å². The van der Waals surface area contributed by atoms with E-state index in [-0.39, 0.29) is 12.2 Å². The second kappa shape index (κ2) is 5.54. The highest BCUT2D eigenvalue weighted by molar-refractivity contribution is 5.78. The Morgan fingerprint density at radius 1 is 1.39 bits per heavy atom. The van der Waals surface area contributed by atoms with E-state index in [0.717, 1.165) is 0 Å². The van der Waals surface area contributed by atoms with Crippen LogP contribution in [0.15, 0.2) is 18.2 Å². The summed E-state index contributed by atoms with van der Waals surface area (Å²) >= 11 is 0. The van der Waals surface area contributed by atoms with Gasteiger partial charge in [-0.25, -0.2) is 0 Å². The minimum Gasteiger partial charge on any atom is -0.497 e.